The summed E-state index contributed by atoms with van der Waals surface area (Å²) in [6, 6.07) is 14.9. The van der Waals surface area contributed by atoms with Crippen molar-refractivity contribution in [1.82, 2.24) is 9.80 Å². The maximum atomic E-state index is 13.8. The van der Waals surface area contributed by atoms with E-state index < -0.39 is 60.3 Å². The van der Waals surface area contributed by atoms with Crippen LogP contribution in [0.15, 0.2) is 60.7 Å². The van der Waals surface area contributed by atoms with Gasteiger partial charge in [0.15, 0.2) is 12.2 Å². The van der Waals surface area contributed by atoms with E-state index in [0.29, 0.717) is 22.6 Å². The fourth-order valence-corrected chi connectivity index (χ4v) is 5.56. The number of benzene rings is 2. The van der Waals surface area contributed by atoms with Gasteiger partial charge in [0.25, 0.3) is 11.8 Å². The molecule has 0 saturated heterocycles. The van der Waals surface area contributed by atoms with Gasteiger partial charge in [-0.05, 0) is 48.0 Å². The van der Waals surface area contributed by atoms with Crippen LogP contribution in [0.4, 0.5) is 0 Å². The number of carboxylic acids is 2. The van der Waals surface area contributed by atoms with E-state index in [0.717, 1.165) is 9.80 Å². The van der Waals surface area contributed by atoms with Gasteiger partial charge < -0.3 is 39.7 Å². The van der Waals surface area contributed by atoms with Crippen LogP contribution in [0.2, 0.25) is 0 Å². The molecule has 0 aliphatic carbocycles. The summed E-state index contributed by atoms with van der Waals surface area (Å²) in [5.41, 5.74) is 1.26. The predicted molar refractivity (Wildman–Crippen MR) is 176 cm³/mol. The largest absolute Gasteiger partial charge is 0.480 e. The lowest BCUT2D eigenvalue weighted by atomic mass is 9.99. The number of hydrogen-bond acceptors (Lipinski definition) is 10. The van der Waals surface area contributed by atoms with Gasteiger partial charge in [0, 0.05) is 14.1 Å². The zero-order valence-electron chi connectivity index (χ0n) is 26.4. The molecule has 0 saturated carbocycles. The lowest BCUT2D eigenvalue weighted by Crippen LogP contribution is -2.59. The molecule has 14 heteroatoms. The van der Waals surface area contributed by atoms with Crippen molar-refractivity contribution in [2.45, 2.75) is 62.6 Å². The van der Waals surface area contributed by atoms with Crippen LogP contribution in [0, 0.1) is 0 Å². The van der Waals surface area contributed by atoms with Gasteiger partial charge in [-0.15, -0.1) is 0 Å². The number of aliphatic hydroxyl groups is 2. The third-order valence-electron chi connectivity index (χ3n) is 7.39. The average molecular weight is 681 g/mol. The van der Waals surface area contributed by atoms with Gasteiger partial charge in [0.1, 0.15) is 24.3 Å². The summed E-state index contributed by atoms with van der Waals surface area (Å²) in [6.07, 6.45) is -3.97. The number of carbonyl (C=O) groups is 4. The Morgan fingerprint density at radius 3 is 1.26 bits per heavy atom. The highest BCUT2D eigenvalue weighted by Crippen LogP contribution is 2.21. The van der Waals surface area contributed by atoms with Gasteiger partial charge in [-0.3, -0.25) is 9.59 Å². The minimum Gasteiger partial charge on any atom is -0.480 e. The number of rotatable bonds is 21. The summed E-state index contributed by atoms with van der Waals surface area (Å²) in [5.74, 6) is -3.50. The van der Waals surface area contributed by atoms with Crippen molar-refractivity contribution < 1.29 is 49.1 Å². The first-order chi connectivity index (χ1) is 21.9. The van der Waals surface area contributed by atoms with Crippen molar-refractivity contribution in [3.63, 3.8) is 0 Å². The summed E-state index contributed by atoms with van der Waals surface area (Å²) < 4.78 is 11.7. The molecule has 2 amide bonds. The van der Waals surface area contributed by atoms with Crippen molar-refractivity contribution in [1.29, 1.82) is 0 Å². The SMILES string of the molecule is CSCCC(C(=O)O)N(C)C(=O)[C@H](OCc1ccccc1)[C@H](O)[C@@H](O)[C@@H](OCc1ccccc1)C(=O)N(C)C(CCSC)C(=O)O. The topological polar surface area (TPSA) is 174 Å². The van der Waals surface area contributed by atoms with E-state index in [9.17, 15) is 39.6 Å². The zero-order chi connectivity index (χ0) is 34.2. The van der Waals surface area contributed by atoms with Crippen LogP contribution in [0.25, 0.3) is 0 Å². The molecule has 0 fully saturated rings. The standard InChI is InChI=1S/C32H44N2O10S2/c1-33(23(31(39)40)15-17-45-3)29(37)27(43-19-21-11-7-5-8-12-21)25(35)26(36)28(44-20-22-13-9-6-10-14-22)30(38)34(2)24(32(41)42)16-18-46-4/h5-14,23-28,35-36H,15-20H2,1-4H3,(H,39,40)(H,41,42)/t23?,24?,25-,26-,27-,28-/m1/s1. The fraction of sp³-hybridized carbons (Fsp3) is 0.500. The maximum Gasteiger partial charge on any atom is 0.326 e. The number of aliphatic hydroxyl groups excluding tert-OH is 2. The normalized spacial score (nSPS) is 15.2. The monoisotopic (exact) mass is 680 g/mol. The molecule has 0 aliphatic rings. The third kappa shape index (κ3) is 11.6. The number of carbonyl (C=O) groups excluding carboxylic acids is 2. The molecule has 0 heterocycles. The van der Waals surface area contributed by atoms with E-state index in [1.165, 1.54) is 37.6 Å². The van der Waals surface area contributed by atoms with Gasteiger partial charge in [-0.25, -0.2) is 9.59 Å². The van der Waals surface area contributed by atoms with Gasteiger partial charge >= 0.3 is 11.9 Å². The minimum atomic E-state index is -2.08. The van der Waals surface area contributed by atoms with Gasteiger partial charge in [0.05, 0.1) is 13.2 Å². The smallest absolute Gasteiger partial charge is 0.326 e. The van der Waals surface area contributed by atoms with Crippen LogP contribution < -0.4 is 0 Å². The Morgan fingerprint density at radius 2 is 0.978 bits per heavy atom. The second kappa shape index (κ2) is 20.2. The first-order valence-corrected chi connectivity index (χ1v) is 17.4. The lowest BCUT2D eigenvalue weighted by Gasteiger charge is -2.36. The molecule has 6 atom stereocenters. The molecule has 0 aliphatic heterocycles. The number of ether oxygens (including phenoxy) is 2. The number of hydrogen-bond donors (Lipinski definition) is 4. The molecule has 0 radical (unpaired) electrons. The first-order valence-electron chi connectivity index (χ1n) is 14.6. The lowest BCUT2D eigenvalue weighted by molar-refractivity contribution is -0.182. The Morgan fingerprint density at radius 1 is 0.652 bits per heavy atom. The van der Waals surface area contributed by atoms with Crippen LogP contribution >= 0.6 is 23.5 Å². The molecule has 2 aromatic carbocycles. The van der Waals surface area contributed by atoms with Crippen molar-refractivity contribution in [3.05, 3.63) is 71.8 Å². The summed E-state index contributed by atoms with van der Waals surface area (Å²) >= 11 is 2.80. The number of likely N-dealkylation sites (N-methyl/N-ethyl adjacent to an activating group) is 2. The van der Waals surface area contributed by atoms with Crippen molar-refractivity contribution in [2.24, 2.45) is 0 Å². The molecule has 2 rings (SSSR count). The molecular formula is C32H44N2O10S2. The van der Waals surface area contributed by atoms with E-state index in [1.807, 2.05) is 0 Å². The number of aliphatic carboxylic acids is 2. The Labute approximate surface area is 278 Å². The second-order valence-corrected chi connectivity index (χ2v) is 12.6. The zero-order valence-corrected chi connectivity index (χ0v) is 28.1. The first kappa shape index (κ1) is 39.0. The molecule has 2 aromatic rings. The molecular weight excluding hydrogens is 636 g/mol. The van der Waals surface area contributed by atoms with Crippen LogP contribution in [0.5, 0.6) is 0 Å². The van der Waals surface area contributed by atoms with E-state index in [4.69, 9.17) is 9.47 Å². The van der Waals surface area contributed by atoms with E-state index >= 15 is 0 Å². The molecule has 12 nitrogen and oxygen atoms in total. The second-order valence-electron chi connectivity index (χ2n) is 10.6. The van der Waals surface area contributed by atoms with Gasteiger partial charge in [-0.2, -0.15) is 23.5 Å². The molecule has 0 spiro atoms. The number of amides is 2. The fourth-order valence-electron chi connectivity index (χ4n) is 4.64. The van der Waals surface area contributed by atoms with Crippen LogP contribution in [-0.2, 0) is 41.9 Å². The number of nitrogens with zero attached hydrogens (tertiary/aromatic N) is 2. The Hall–Kier alpha value is -3.14. The molecule has 0 bridgehead atoms. The maximum absolute atomic E-state index is 13.8. The summed E-state index contributed by atoms with van der Waals surface area (Å²) in [5, 5.41) is 42.7. The van der Waals surface area contributed by atoms with Crippen molar-refractivity contribution in [2.75, 3.05) is 38.1 Å². The Balaban J connectivity index is 2.48. The quantitative estimate of drug-likeness (QED) is 0.152. The van der Waals surface area contributed by atoms with Crippen molar-refractivity contribution in [3.8, 4) is 0 Å². The van der Waals surface area contributed by atoms with Crippen LogP contribution in [-0.4, -0.2) is 129 Å². The molecule has 46 heavy (non-hydrogen) atoms. The number of carboxylic acid groups (broad SMARTS) is 2. The number of thioether (sulfide) groups is 2. The Bertz CT molecular complexity index is 1140. The Kier molecular flexibility index (Phi) is 17.1. The highest BCUT2D eigenvalue weighted by molar-refractivity contribution is 7.98. The summed E-state index contributed by atoms with van der Waals surface area (Å²) in [6.45, 7) is -0.368. The highest BCUT2D eigenvalue weighted by atomic mass is 32.2. The van der Waals surface area contributed by atoms with Crippen molar-refractivity contribution >= 4 is 47.3 Å². The predicted octanol–water partition coefficient (Wildman–Crippen LogP) is 2.21. The molecule has 254 valence electrons. The van der Waals surface area contributed by atoms with Crippen LogP contribution in [0.1, 0.15) is 24.0 Å². The van der Waals surface area contributed by atoms with Gasteiger partial charge in [-0.1, -0.05) is 60.7 Å². The summed E-state index contributed by atoms with van der Waals surface area (Å²) in [7, 11) is 2.54. The molecule has 2 unspecified atom stereocenters. The average Bonchev–Trinajstić information content (AvgIpc) is 3.05. The van der Waals surface area contributed by atoms with E-state index in [2.05, 4.69) is 0 Å². The van der Waals surface area contributed by atoms with E-state index in [1.54, 1.807) is 73.2 Å². The van der Waals surface area contributed by atoms with Gasteiger partial charge in [0.2, 0.25) is 0 Å². The minimum absolute atomic E-state index is 0.113. The molecule has 0 aromatic heterocycles. The van der Waals surface area contributed by atoms with E-state index in [-0.39, 0.29) is 26.1 Å². The molecule has 4 N–H and O–H groups in total. The van der Waals surface area contributed by atoms with Crippen LogP contribution in [0.3, 0.4) is 0 Å². The third-order valence-corrected chi connectivity index (χ3v) is 8.68. The summed E-state index contributed by atoms with van der Waals surface area (Å²) in [4.78, 5) is 53.6. The highest BCUT2D eigenvalue weighted by Gasteiger charge is 2.45.